The maximum Gasteiger partial charge on any atom is 0.0945 e. The number of likely N-dealkylation sites (N-methyl/N-ethyl adjacent to an activating group) is 1. The zero-order valence-electron chi connectivity index (χ0n) is 7.25. The topological polar surface area (TPSA) is 43.7 Å². The van der Waals surface area contributed by atoms with Crippen LogP contribution in [0.1, 0.15) is 13.3 Å². The second kappa shape index (κ2) is 5.16. The lowest BCUT2D eigenvalue weighted by molar-refractivity contribution is 0.0738. The molecule has 2 N–H and O–H groups in total. The zero-order chi connectivity index (χ0) is 8.85. The quantitative estimate of drug-likeness (QED) is 0.602. The third-order valence-electron chi connectivity index (χ3n) is 1.64. The molecule has 0 spiro atoms. The van der Waals surface area contributed by atoms with Gasteiger partial charge in [0.2, 0.25) is 0 Å². The van der Waals surface area contributed by atoms with Crippen molar-refractivity contribution in [3.05, 3.63) is 12.3 Å². The lowest BCUT2D eigenvalue weighted by atomic mass is 10.3. The van der Waals surface area contributed by atoms with E-state index in [4.69, 9.17) is 10.2 Å². The van der Waals surface area contributed by atoms with Crippen molar-refractivity contribution in [1.82, 2.24) is 4.90 Å². The standard InChI is InChI=1S/C8H17NO2/c1-4-7(2)9(3)5-8(11)6-10/h8,10-11H,2,4-6H2,1,3H3/t8-/m1/s1. The average Bonchev–Trinajstić information content (AvgIpc) is 2.02. The Morgan fingerprint density at radius 2 is 2.18 bits per heavy atom. The molecule has 0 unspecified atom stereocenters. The molecule has 0 aliphatic rings. The highest BCUT2D eigenvalue weighted by Crippen LogP contribution is 2.02. The highest BCUT2D eigenvalue weighted by molar-refractivity contribution is 4.91. The minimum atomic E-state index is -0.664. The van der Waals surface area contributed by atoms with E-state index < -0.39 is 6.10 Å². The van der Waals surface area contributed by atoms with Crippen molar-refractivity contribution >= 4 is 0 Å². The monoisotopic (exact) mass is 159 g/mol. The lowest BCUT2D eigenvalue weighted by Gasteiger charge is -2.22. The molecule has 3 nitrogen and oxygen atoms in total. The van der Waals surface area contributed by atoms with E-state index in [0.29, 0.717) is 6.54 Å². The van der Waals surface area contributed by atoms with Gasteiger partial charge in [-0.3, -0.25) is 0 Å². The fourth-order valence-corrected chi connectivity index (χ4v) is 0.773. The van der Waals surface area contributed by atoms with Crippen molar-refractivity contribution in [2.24, 2.45) is 0 Å². The molecule has 0 aliphatic heterocycles. The SMILES string of the molecule is C=C(CC)N(C)C[C@@H](O)CO. The van der Waals surface area contributed by atoms with Crippen molar-refractivity contribution in [2.45, 2.75) is 19.4 Å². The second-order valence-electron chi connectivity index (χ2n) is 2.64. The van der Waals surface area contributed by atoms with Gasteiger partial charge in [-0.25, -0.2) is 0 Å². The van der Waals surface area contributed by atoms with Crippen molar-refractivity contribution in [2.75, 3.05) is 20.2 Å². The average molecular weight is 159 g/mol. The summed E-state index contributed by atoms with van der Waals surface area (Å²) in [6.45, 7) is 6.05. The molecule has 0 aromatic heterocycles. The van der Waals surface area contributed by atoms with E-state index in [2.05, 4.69) is 6.58 Å². The predicted octanol–water partition coefficient (Wildman–Crippen LogP) is 0.195. The first-order chi connectivity index (χ1) is 5.11. The number of nitrogens with zero attached hydrogens (tertiary/aromatic N) is 1. The molecule has 0 aliphatic carbocycles. The summed E-state index contributed by atoms with van der Waals surface area (Å²) in [6.07, 6.45) is 0.206. The van der Waals surface area contributed by atoms with Crippen LogP contribution >= 0.6 is 0 Å². The third-order valence-corrected chi connectivity index (χ3v) is 1.64. The van der Waals surface area contributed by atoms with Crippen molar-refractivity contribution in [3.63, 3.8) is 0 Å². The van der Waals surface area contributed by atoms with Crippen LogP contribution in [-0.4, -0.2) is 41.4 Å². The molecule has 0 radical (unpaired) electrons. The number of allylic oxidation sites excluding steroid dienone is 1. The molecular weight excluding hydrogens is 142 g/mol. The Labute approximate surface area is 68.0 Å². The van der Waals surface area contributed by atoms with Gasteiger partial charge in [0, 0.05) is 19.3 Å². The van der Waals surface area contributed by atoms with Crippen LogP contribution in [0, 0.1) is 0 Å². The van der Waals surface area contributed by atoms with Gasteiger partial charge >= 0.3 is 0 Å². The molecular formula is C8H17NO2. The summed E-state index contributed by atoms with van der Waals surface area (Å²) in [6, 6.07) is 0. The fraction of sp³-hybridized carbons (Fsp3) is 0.750. The second-order valence-corrected chi connectivity index (χ2v) is 2.64. The van der Waals surface area contributed by atoms with Gasteiger partial charge in [0.05, 0.1) is 12.7 Å². The lowest BCUT2D eigenvalue weighted by Crippen LogP contribution is -2.30. The van der Waals surface area contributed by atoms with Crippen LogP contribution in [0.25, 0.3) is 0 Å². The first-order valence-corrected chi connectivity index (χ1v) is 3.79. The number of aliphatic hydroxyl groups is 2. The maximum atomic E-state index is 9.04. The van der Waals surface area contributed by atoms with Crippen LogP contribution in [0.4, 0.5) is 0 Å². The Hall–Kier alpha value is -0.540. The van der Waals surface area contributed by atoms with E-state index in [1.807, 2.05) is 18.9 Å². The predicted molar refractivity (Wildman–Crippen MR) is 45.2 cm³/mol. The van der Waals surface area contributed by atoms with E-state index in [9.17, 15) is 0 Å². The molecule has 3 heteroatoms. The fourth-order valence-electron chi connectivity index (χ4n) is 0.773. The third kappa shape index (κ3) is 4.01. The molecule has 0 aromatic carbocycles. The van der Waals surface area contributed by atoms with Crippen LogP contribution in [0.15, 0.2) is 12.3 Å². The Morgan fingerprint density at radius 1 is 1.64 bits per heavy atom. The number of hydrogen-bond acceptors (Lipinski definition) is 3. The summed E-state index contributed by atoms with van der Waals surface area (Å²) in [5.74, 6) is 0. The van der Waals surface area contributed by atoms with Crippen molar-refractivity contribution in [3.8, 4) is 0 Å². The molecule has 0 heterocycles. The smallest absolute Gasteiger partial charge is 0.0945 e. The Bertz CT molecular complexity index is 125. The summed E-state index contributed by atoms with van der Waals surface area (Å²) >= 11 is 0. The van der Waals surface area contributed by atoms with Gasteiger partial charge in [0.25, 0.3) is 0 Å². The molecule has 11 heavy (non-hydrogen) atoms. The first-order valence-electron chi connectivity index (χ1n) is 3.79. The highest BCUT2D eigenvalue weighted by Gasteiger charge is 2.06. The molecule has 66 valence electrons. The summed E-state index contributed by atoms with van der Waals surface area (Å²) in [7, 11) is 1.85. The summed E-state index contributed by atoms with van der Waals surface area (Å²) in [5.41, 5.74) is 0.970. The Kier molecular flexibility index (Phi) is 4.90. The van der Waals surface area contributed by atoms with Crippen molar-refractivity contribution < 1.29 is 10.2 Å². The van der Waals surface area contributed by atoms with Gasteiger partial charge < -0.3 is 15.1 Å². The van der Waals surface area contributed by atoms with Crippen LogP contribution in [-0.2, 0) is 0 Å². The normalized spacial score (nSPS) is 12.7. The van der Waals surface area contributed by atoms with E-state index in [1.54, 1.807) is 0 Å². The Morgan fingerprint density at radius 3 is 2.55 bits per heavy atom. The minimum Gasteiger partial charge on any atom is -0.394 e. The van der Waals surface area contributed by atoms with Crippen LogP contribution in [0.3, 0.4) is 0 Å². The molecule has 0 rings (SSSR count). The van der Waals surface area contributed by atoms with E-state index in [1.165, 1.54) is 0 Å². The highest BCUT2D eigenvalue weighted by atomic mass is 16.3. The van der Waals surface area contributed by atoms with Crippen LogP contribution in [0.5, 0.6) is 0 Å². The number of rotatable bonds is 5. The van der Waals surface area contributed by atoms with Gasteiger partial charge in [0.15, 0.2) is 0 Å². The maximum absolute atomic E-state index is 9.04. The molecule has 0 fully saturated rings. The van der Waals surface area contributed by atoms with Crippen LogP contribution in [0.2, 0.25) is 0 Å². The van der Waals surface area contributed by atoms with Gasteiger partial charge in [0.1, 0.15) is 0 Å². The molecule has 0 saturated heterocycles. The molecule has 0 saturated carbocycles. The summed E-state index contributed by atoms with van der Waals surface area (Å²) < 4.78 is 0. The van der Waals surface area contributed by atoms with Crippen molar-refractivity contribution in [1.29, 1.82) is 0 Å². The first kappa shape index (κ1) is 10.5. The molecule has 1 atom stereocenters. The van der Waals surface area contributed by atoms with Gasteiger partial charge in [-0.05, 0) is 6.42 Å². The van der Waals surface area contributed by atoms with Crippen LogP contribution < -0.4 is 0 Å². The largest absolute Gasteiger partial charge is 0.394 e. The molecule has 0 bridgehead atoms. The van der Waals surface area contributed by atoms with E-state index in [-0.39, 0.29) is 6.61 Å². The molecule has 0 amide bonds. The van der Waals surface area contributed by atoms with Gasteiger partial charge in [-0.15, -0.1) is 0 Å². The number of hydrogen-bond donors (Lipinski definition) is 2. The zero-order valence-corrected chi connectivity index (χ0v) is 7.25. The summed E-state index contributed by atoms with van der Waals surface area (Å²) in [5, 5.41) is 17.6. The number of aliphatic hydroxyl groups excluding tert-OH is 2. The minimum absolute atomic E-state index is 0.193. The molecule has 0 aromatic rings. The van der Waals surface area contributed by atoms with E-state index >= 15 is 0 Å². The van der Waals surface area contributed by atoms with Gasteiger partial charge in [-0.2, -0.15) is 0 Å². The summed E-state index contributed by atoms with van der Waals surface area (Å²) in [4.78, 5) is 1.85. The van der Waals surface area contributed by atoms with E-state index in [0.717, 1.165) is 12.1 Å². The Balaban J connectivity index is 3.67. The van der Waals surface area contributed by atoms with Gasteiger partial charge in [-0.1, -0.05) is 13.5 Å².